The van der Waals surface area contributed by atoms with E-state index in [2.05, 4.69) is 5.32 Å². The molecule has 3 fully saturated rings. The lowest BCUT2D eigenvalue weighted by molar-refractivity contribution is -0.136. The number of ether oxygens (including phenoxy) is 1. The molecule has 2 N–H and O–H groups in total. The minimum absolute atomic E-state index is 0.00579. The maximum absolute atomic E-state index is 12.1. The van der Waals surface area contributed by atoms with Crippen LogP contribution in [-0.4, -0.2) is 46.7 Å². The van der Waals surface area contributed by atoms with Crippen molar-refractivity contribution in [3.8, 4) is 0 Å². The van der Waals surface area contributed by atoms with Crippen molar-refractivity contribution in [2.75, 3.05) is 12.4 Å². The molecule has 0 aromatic carbocycles. The molecule has 3 rings (SSSR count). The number of thioether (sulfide) groups is 1. The Morgan fingerprint density at radius 3 is 2.83 bits per heavy atom. The second-order valence-electron chi connectivity index (χ2n) is 5.27. The first-order valence-electron chi connectivity index (χ1n) is 6.43. The molecule has 100 valence electrons. The van der Waals surface area contributed by atoms with Crippen LogP contribution in [0.25, 0.3) is 0 Å². The summed E-state index contributed by atoms with van der Waals surface area (Å²) in [6, 6.07) is 0.00579. The lowest BCUT2D eigenvalue weighted by atomic mass is 10.1. The molecule has 0 unspecified atom stereocenters. The fraction of sp³-hybridized carbons (Fsp3) is 0.833. The molecule has 2 heterocycles. The molecule has 3 aliphatic rings. The molecule has 5 atom stereocenters. The molecule has 0 radical (unpaired) electrons. The van der Waals surface area contributed by atoms with Crippen LogP contribution < -0.4 is 5.32 Å². The van der Waals surface area contributed by atoms with Crippen LogP contribution in [0.4, 0.5) is 0 Å². The van der Waals surface area contributed by atoms with Crippen LogP contribution >= 0.6 is 11.8 Å². The highest BCUT2D eigenvalue weighted by molar-refractivity contribution is 8.00. The number of rotatable bonds is 3. The maximum atomic E-state index is 12.1. The zero-order valence-electron chi connectivity index (χ0n) is 10.0. The summed E-state index contributed by atoms with van der Waals surface area (Å²) >= 11 is 1.41. The predicted octanol–water partition coefficient (Wildman–Crippen LogP) is 0.486. The molecule has 2 saturated heterocycles. The number of carboxylic acids is 1. The van der Waals surface area contributed by atoms with Crippen molar-refractivity contribution in [2.24, 2.45) is 11.8 Å². The first kappa shape index (κ1) is 12.3. The molecule has 6 heteroatoms. The number of carbonyl (C=O) groups excluding carboxylic acids is 1. The fourth-order valence-corrected chi connectivity index (χ4v) is 4.19. The molecule has 1 amide bonds. The van der Waals surface area contributed by atoms with Crippen LogP contribution in [0.15, 0.2) is 0 Å². The summed E-state index contributed by atoms with van der Waals surface area (Å²) in [7, 11) is 0. The van der Waals surface area contributed by atoms with Gasteiger partial charge in [0.05, 0.1) is 12.0 Å². The number of aliphatic carboxylic acids is 1. The van der Waals surface area contributed by atoms with Crippen LogP contribution in [0.3, 0.4) is 0 Å². The quantitative estimate of drug-likeness (QED) is 0.781. The number of carbonyl (C=O) groups is 2. The highest BCUT2D eigenvalue weighted by Crippen LogP contribution is 2.48. The van der Waals surface area contributed by atoms with E-state index < -0.39 is 5.97 Å². The Kier molecular flexibility index (Phi) is 3.23. The number of hydrogen-bond donors (Lipinski definition) is 2. The first-order valence-corrected chi connectivity index (χ1v) is 7.48. The molecule has 1 aliphatic carbocycles. The molecule has 0 aromatic rings. The van der Waals surface area contributed by atoms with Crippen LogP contribution in [0.2, 0.25) is 0 Å². The van der Waals surface area contributed by atoms with E-state index in [0.29, 0.717) is 18.1 Å². The van der Waals surface area contributed by atoms with Gasteiger partial charge in [0.15, 0.2) is 0 Å². The largest absolute Gasteiger partial charge is 0.480 e. The lowest BCUT2D eigenvalue weighted by Gasteiger charge is -2.11. The van der Waals surface area contributed by atoms with Crippen molar-refractivity contribution in [1.82, 2.24) is 5.32 Å². The molecule has 0 aromatic heterocycles. The Bertz CT molecular complexity index is 363. The standard InChI is InChI=1S/C12H17NO4S/c14-11(9-7-2-1-3-17-10(7)9)13-6-4-8(12(15)16)18-5-6/h6-10H,1-5H2,(H,13,14)(H,15,16)/t6-,7+,8-,9+,10+/m0/s1. The summed E-state index contributed by atoms with van der Waals surface area (Å²) in [5, 5.41) is 11.5. The third kappa shape index (κ3) is 2.23. The minimum Gasteiger partial charge on any atom is -0.480 e. The molecule has 2 aliphatic heterocycles. The van der Waals surface area contributed by atoms with Gasteiger partial charge >= 0.3 is 5.97 Å². The van der Waals surface area contributed by atoms with Crippen molar-refractivity contribution in [2.45, 2.75) is 36.7 Å². The Morgan fingerprint density at radius 2 is 2.22 bits per heavy atom. The van der Waals surface area contributed by atoms with E-state index in [4.69, 9.17) is 9.84 Å². The second kappa shape index (κ2) is 4.74. The summed E-state index contributed by atoms with van der Waals surface area (Å²) in [5.41, 5.74) is 0. The van der Waals surface area contributed by atoms with E-state index in [9.17, 15) is 9.59 Å². The first-order chi connectivity index (χ1) is 8.66. The van der Waals surface area contributed by atoms with E-state index >= 15 is 0 Å². The van der Waals surface area contributed by atoms with Gasteiger partial charge in [0, 0.05) is 24.3 Å². The zero-order chi connectivity index (χ0) is 12.7. The van der Waals surface area contributed by atoms with Gasteiger partial charge in [0.25, 0.3) is 0 Å². The van der Waals surface area contributed by atoms with Crippen molar-refractivity contribution in [3.63, 3.8) is 0 Å². The van der Waals surface area contributed by atoms with Crippen molar-refractivity contribution < 1.29 is 19.4 Å². The summed E-state index contributed by atoms with van der Waals surface area (Å²) < 4.78 is 5.55. The second-order valence-corrected chi connectivity index (χ2v) is 6.50. The molecule has 0 bridgehead atoms. The Balaban J connectivity index is 1.49. The van der Waals surface area contributed by atoms with E-state index in [1.165, 1.54) is 11.8 Å². The van der Waals surface area contributed by atoms with Gasteiger partial charge in [0.1, 0.15) is 5.25 Å². The van der Waals surface area contributed by atoms with Gasteiger partial charge in [0.2, 0.25) is 5.91 Å². The summed E-state index contributed by atoms with van der Waals surface area (Å²) in [5.74, 6) is 0.402. The average Bonchev–Trinajstić information content (AvgIpc) is 2.90. The summed E-state index contributed by atoms with van der Waals surface area (Å²) in [6.07, 6.45) is 2.79. The van der Waals surface area contributed by atoms with Crippen LogP contribution in [0.1, 0.15) is 19.3 Å². The number of carboxylic acid groups (broad SMARTS) is 1. The van der Waals surface area contributed by atoms with Crippen molar-refractivity contribution >= 4 is 23.6 Å². The molecular formula is C12H17NO4S. The Morgan fingerprint density at radius 1 is 1.39 bits per heavy atom. The van der Waals surface area contributed by atoms with Gasteiger partial charge in [-0.05, 0) is 19.3 Å². The molecule has 1 saturated carbocycles. The average molecular weight is 271 g/mol. The highest BCUT2D eigenvalue weighted by atomic mass is 32.2. The SMILES string of the molecule is O=C(N[C@@H]1CS[C@H](C(=O)O)C1)[C@@H]1[C@H]2CCCO[C@H]21. The predicted molar refractivity (Wildman–Crippen MR) is 66.4 cm³/mol. The van der Waals surface area contributed by atoms with Crippen LogP contribution in [-0.2, 0) is 14.3 Å². The monoisotopic (exact) mass is 271 g/mol. The molecule has 0 spiro atoms. The number of amides is 1. The maximum Gasteiger partial charge on any atom is 0.316 e. The van der Waals surface area contributed by atoms with Crippen molar-refractivity contribution in [3.05, 3.63) is 0 Å². The Labute approximate surface area is 110 Å². The highest BCUT2D eigenvalue weighted by Gasteiger charge is 2.57. The molecular weight excluding hydrogens is 254 g/mol. The van der Waals surface area contributed by atoms with Crippen molar-refractivity contribution in [1.29, 1.82) is 0 Å². The van der Waals surface area contributed by atoms with Crippen LogP contribution in [0.5, 0.6) is 0 Å². The van der Waals surface area contributed by atoms with Gasteiger partial charge in [-0.2, -0.15) is 0 Å². The van der Waals surface area contributed by atoms with Crippen LogP contribution in [0, 0.1) is 11.8 Å². The third-order valence-corrected chi connectivity index (χ3v) is 5.40. The smallest absolute Gasteiger partial charge is 0.316 e. The fourth-order valence-electron chi connectivity index (χ4n) is 2.99. The van der Waals surface area contributed by atoms with Gasteiger partial charge in [-0.15, -0.1) is 11.8 Å². The summed E-state index contributed by atoms with van der Waals surface area (Å²) in [6.45, 7) is 0.769. The summed E-state index contributed by atoms with van der Waals surface area (Å²) in [4.78, 5) is 22.9. The normalized spacial score (nSPS) is 42.1. The number of hydrogen-bond acceptors (Lipinski definition) is 4. The van der Waals surface area contributed by atoms with Gasteiger partial charge in [-0.1, -0.05) is 0 Å². The Hall–Kier alpha value is -0.750. The number of fused-ring (bicyclic) bond motifs is 1. The number of nitrogens with one attached hydrogen (secondary N) is 1. The van der Waals surface area contributed by atoms with E-state index in [1.807, 2.05) is 0 Å². The lowest BCUT2D eigenvalue weighted by Crippen LogP contribution is -2.37. The van der Waals surface area contributed by atoms with E-state index in [1.54, 1.807) is 0 Å². The minimum atomic E-state index is -0.778. The zero-order valence-corrected chi connectivity index (χ0v) is 10.8. The van der Waals surface area contributed by atoms with Gasteiger partial charge in [-0.25, -0.2) is 0 Å². The van der Waals surface area contributed by atoms with Gasteiger partial charge < -0.3 is 15.2 Å². The van der Waals surface area contributed by atoms with E-state index in [0.717, 1.165) is 19.4 Å². The molecule has 5 nitrogen and oxygen atoms in total. The van der Waals surface area contributed by atoms with Gasteiger partial charge in [-0.3, -0.25) is 9.59 Å². The third-order valence-electron chi connectivity index (χ3n) is 4.01. The molecule has 18 heavy (non-hydrogen) atoms. The van der Waals surface area contributed by atoms with E-state index in [-0.39, 0.29) is 29.2 Å². The topological polar surface area (TPSA) is 75.6 Å².